The third-order valence-electron chi connectivity index (χ3n) is 5.12. The van der Waals surface area contributed by atoms with Crippen LogP contribution in [0.25, 0.3) is 10.9 Å². The summed E-state index contributed by atoms with van der Waals surface area (Å²) in [6.07, 6.45) is 2.33. The number of hydrogen-bond donors (Lipinski definition) is 1. The monoisotopic (exact) mass is 492 g/mol. The standard InChI is InChI=1S/C23H22ClFN2O5S/c1-4-10-33(31,32)23(26(2)3)27-13-17(22(29)30)21(28)16-12-14(8-9-20(16)27)11-15-18(24)6-5-7-19(15)25/h4-9,12-13,23H,1,10-11H2,2-3H3,(H,29,30). The van der Waals surface area contributed by atoms with Crippen molar-refractivity contribution in [1.82, 2.24) is 9.47 Å². The van der Waals surface area contributed by atoms with Gasteiger partial charge < -0.3 is 9.67 Å². The maximum atomic E-state index is 14.3. The molecule has 2 aromatic carbocycles. The summed E-state index contributed by atoms with van der Waals surface area (Å²) in [5, 5.41) is 9.81. The van der Waals surface area contributed by atoms with Crippen molar-refractivity contribution in [1.29, 1.82) is 0 Å². The lowest BCUT2D eigenvalue weighted by atomic mass is 10.0. The average Bonchev–Trinajstić information content (AvgIpc) is 2.72. The van der Waals surface area contributed by atoms with Crippen LogP contribution in [0.3, 0.4) is 0 Å². The molecule has 0 bridgehead atoms. The van der Waals surface area contributed by atoms with Crippen molar-refractivity contribution < 1.29 is 22.7 Å². The van der Waals surface area contributed by atoms with Gasteiger partial charge >= 0.3 is 5.97 Å². The van der Waals surface area contributed by atoms with E-state index in [-0.39, 0.29) is 33.7 Å². The summed E-state index contributed by atoms with van der Waals surface area (Å²) in [5.41, 5.74) is -1.68. The van der Waals surface area contributed by atoms with Gasteiger partial charge in [-0.1, -0.05) is 29.8 Å². The zero-order valence-electron chi connectivity index (χ0n) is 18.0. The van der Waals surface area contributed by atoms with Crippen molar-refractivity contribution in [3.63, 3.8) is 0 Å². The van der Waals surface area contributed by atoms with Crippen LogP contribution in [0.15, 0.2) is 60.0 Å². The van der Waals surface area contributed by atoms with Crippen LogP contribution >= 0.6 is 11.6 Å². The Hall–Kier alpha value is -3.01. The number of sulfone groups is 1. The smallest absolute Gasteiger partial charge is 0.341 e. The van der Waals surface area contributed by atoms with Gasteiger partial charge in [0.05, 0.1) is 11.3 Å². The molecule has 1 heterocycles. The third kappa shape index (κ3) is 4.85. The second kappa shape index (κ2) is 9.46. The Labute approximate surface area is 195 Å². The molecular weight excluding hydrogens is 471 g/mol. The lowest BCUT2D eigenvalue weighted by Crippen LogP contribution is -2.35. The molecule has 33 heavy (non-hydrogen) atoms. The van der Waals surface area contributed by atoms with Crippen LogP contribution in [-0.2, 0) is 16.3 Å². The summed E-state index contributed by atoms with van der Waals surface area (Å²) in [4.78, 5) is 26.2. The van der Waals surface area contributed by atoms with Crippen LogP contribution in [0.5, 0.6) is 0 Å². The highest BCUT2D eigenvalue weighted by molar-refractivity contribution is 7.91. The van der Waals surface area contributed by atoms with E-state index in [0.29, 0.717) is 5.56 Å². The fourth-order valence-corrected chi connectivity index (χ4v) is 5.64. The Morgan fingerprint density at radius 1 is 1.30 bits per heavy atom. The fraction of sp³-hybridized carbons (Fsp3) is 0.217. The number of aromatic carboxylic acids is 1. The molecule has 174 valence electrons. The first kappa shape index (κ1) is 24.6. The van der Waals surface area contributed by atoms with E-state index in [4.69, 9.17) is 11.6 Å². The second-order valence-corrected chi connectivity index (χ2v) is 10.2. The molecule has 0 aliphatic rings. The van der Waals surface area contributed by atoms with E-state index < -0.39 is 38.1 Å². The van der Waals surface area contributed by atoms with Crippen LogP contribution in [0.4, 0.5) is 4.39 Å². The quantitative estimate of drug-likeness (QED) is 0.482. The van der Waals surface area contributed by atoms with Gasteiger partial charge in [0.15, 0.2) is 15.3 Å². The van der Waals surface area contributed by atoms with E-state index in [9.17, 15) is 27.5 Å². The van der Waals surface area contributed by atoms with Crippen molar-refractivity contribution in [2.45, 2.75) is 11.9 Å². The Kier molecular flexibility index (Phi) is 7.06. The predicted molar refractivity (Wildman–Crippen MR) is 126 cm³/mol. The zero-order chi connectivity index (χ0) is 24.5. The Bertz CT molecular complexity index is 1400. The summed E-state index contributed by atoms with van der Waals surface area (Å²) in [5.74, 6) is -2.35. The highest BCUT2D eigenvalue weighted by Gasteiger charge is 2.30. The number of benzene rings is 2. The predicted octanol–water partition coefficient (Wildman–Crippen LogP) is 3.70. The number of carbonyl (C=O) groups is 1. The number of nitrogens with zero attached hydrogens (tertiary/aromatic N) is 2. The third-order valence-corrected chi connectivity index (χ3v) is 7.47. The minimum atomic E-state index is -3.83. The van der Waals surface area contributed by atoms with Crippen molar-refractivity contribution >= 4 is 38.3 Å². The molecule has 3 aromatic rings. The molecule has 0 radical (unpaired) electrons. The number of rotatable bonds is 8. The number of aromatic nitrogens is 1. The van der Waals surface area contributed by atoms with E-state index in [2.05, 4.69) is 6.58 Å². The molecule has 0 saturated heterocycles. The van der Waals surface area contributed by atoms with Gasteiger partial charge in [-0.25, -0.2) is 17.6 Å². The Morgan fingerprint density at radius 2 is 2.00 bits per heavy atom. The first-order chi connectivity index (χ1) is 15.5. The van der Waals surface area contributed by atoms with Crippen LogP contribution in [0.2, 0.25) is 5.02 Å². The fourth-order valence-electron chi connectivity index (χ4n) is 3.75. The molecule has 0 spiro atoms. The van der Waals surface area contributed by atoms with Gasteiger partial charge in [0.1, 0.15) is 11.4 Å². The van der Waals surface area contributed by atoms with E-state index >= 15 is 0 Å². The molecule has 10 heteroatoms. The molecular formula is C23H22ClFN2O5S. The molecule has 0 amide bonds. The van der Waals surface area contributed by atoms with Crippen molar-refractivity contribution in [3.05, 3.63) is 93.0 Å². The van der Waals surface area contributed by atoms with Gasteiger partial charge in [-0.3, -0.25) is 9.69 Å². The number of halogens is 2. The lowest BCUT2D eigenvalue weighted by Gasteiger charge is -2.28. The molecule has 1 atom stereocenters. The van der Waals surface area contributed by atoms with Crippen LogP contribution in [0, 0.1) is 5.82 Å². The Morgan fingerprint density at radius 3 is 2.58 bits per heavy atom. The molecule has 0 aliphatic carbocycles. The molecule has 0 saturated carbocycles. The lowest BCUT2D eigenvalue weighted by molar-refractivity contribution is 0.0694. The van der Waals surface area contributed by atoms with Crippen molar-refractivity contribution in [3.8, 4) is 0 Å². The molecule has 7 nitrogen and oxygen atoms in total. The van der Waals surface area contributed by atoms with Crippen LogP contribution in [-0.4, -0.2) is 48.8 Å². The number of pyridine rings is 1. The maximum absolute atomic E-state index is 14.3. The minimum Gasteiger partial charge on any atom is -0.477 e. The second-order valence-electron chi connectivity index (χ2n) is 7.72. The molecule has 1 unspecified atom stereocenters. The number of carboxylic acids is 1. The number of fused-ring (bicyclic) bond motifs is 1. The van der Waals surface area contributed by atoms with Crippen LogP contribution < -0.4 is 5.43 Å². The minimum absolute atomic E-state index is 0.000477. The molecule has 0 fully saturated rings. The zero-order valence-corrected chi connectivity index (χ0v) is 19.5. The van der Waals surface area contributed by atoms with Gasteiger partial charge in [-0.05, 0) is 43.9 Å². The van der Waals surface area contributed by atoms with Gasteiger partial charge in [0.25, 0.3) is 0 Å². The van der Waals surface area contributed by atoms with E-state index in [1.165, 1.54) is 53.9 Å². The van der Waals surface area contributed by atoms with Crippen molar-refractivity contribution in [2.24, 2.45) is 0 Å². The highest BCUT2D eigenvalue weighted by Crippen LogP contribution is 2.27. The molecule has 0 aliphatic heterocycles. The van der Waals surface area contributed by atoms with Gasteiger partial charge in [-0.15, -0.1) is 6.58 Å². The van der Waals surface area contributed by atoms with Gasteiger partial charge in [-0.2, -0.15) is 0 Å². The van der Waals surface area contributed by atoms with E-state index in [1.807, 2.05) is 0 Å². The number of carboxylic acid groups (broad SMARTS) is 1. The summed E-state index contributed by atoms with van der Waals surface area (Å²) in [7, 11) is -0.769. The largest absolute Gasteiger partial charge is 0.477 e. The summed E-state index contributed by atoms with van der Waals surface area (Å²) in [6.45, 7) is 3.48. The summed E-state index contributed by atoms with van der Waals surface area (Å²) >= 11 is 6.11. The first-order valence-electron chi connectivity index (χ1n) is 9.80. The normalized spacial score (nSPS) is 12.8. The number of hydrogen-bond acceptors (Lipinski definition) is 5. The van der Waals surface area contributed by atoms with E-state index in [1.54, 1.807) is 12.1 Å². The topological polar surface area (TPSA) is 96.7 Å². The first-order valence-corrected chi connectivity index (χ1v) is 11.9. The summed E-state index contributed by atoms with van der Waals surface area (Å²) < 4.78 is 41.4. The van der Waals surface area contributed by atoms with Crippen molar-refractivity contribution in [2.75, 3.05) is 19.8 Å². The van der Waals surface area contributed by atoms with Gasteiger partial charge in [0, 0.05) is 28.6 Å². The Balaban J connectivity index is 2.30. The SMILES string of the molecule is C=CCS(=O)(=O)C(N(C)C)n1cc(C(=O)O)c(=O)c2cc(Cc3c(F)cccc3Cl)ccc21. The molecule has 3 rings (SSSR count). The maximum Gasteiger partial charge on any atom is 0.341 e. The van der Waals surface area contributed by atoms with Gasteiger partial charge in [0.2, 0.25) is 5.43 Å². The molecule has 1 N–H and O–H groups in total. The highest BCUT2D eigenvalue weighted by atomic mass is 35.5. The average molecular weight is 493 g/mol. The van der Waals surface area contributed by atoms with E-state index in [0.717, 1.165) is 6.20 Å². The van der Waals surface area contributed by atoms with Crippen LogP contribution in [0.1, 0.15) is 27.0 Å². The summed E-state index contributed by atoms with van der Waals surface area (Å²) in [6, 6.07) is 8.87. The molecule has 1 aromatic heterocycles.